The highest BCUT2D eigenvalue weighted by Crippen LogP contribution is 2.04. The van der Waals surface area contributed by atoms with Crippen molar-refractivity contribution in [2.75, 3.05) is 26.7 Å². The highest BCUT2D eigenvalue weighted by molar-refractivity contribution is 5.79. The third kappa shape index (κ3) is 6.87. The molecule has 0 fully saturated rings. The predicted octanol–water partition coefficient (Wildman–Crippen LogP) is 2.90. The summed E-state index contributed by atoms with van der Waals surface area (Å²) >= 11 is 0. The molecule has 2 rings (SSSR count). The van der Waals surface area contributed by atoms with E-state index >= 15 is 0 Å². The highest BCUT2D eigenvalue weighted by Gasteiger charge is 1.99. The van der Waals surface area contributed by atoms with E-state index < -0.39 is 0 Å². The fourth-order valence-electron chi connectivity index (χ4n) is 2.36. The number of hydrogen-bond acceptors (Lipinski definition) is 3. The minimum absolute atomic E-state index is 0.524. The lowest BCUT2D eigenvalue weighted by atomic mass is 10.1. The van der Waals surface area contributed by atoms with Crippen molar-refractivity contribution >= 4 is 5.96 Å². The van der Waals surface area contributed by atoms with Gasteiger partial charge in [-0.1, -0.05) is 29.8 Å². The van der Waals surface area contributed by atoms with Crippen LogP contribution in [0.3, 0.4) is 0 Å². The molecule has 2 aromatic rings. The maximum Gasteiger partial charge on any atom is 0.190 e. The summed E-state index contributed by atoms with van der Waals surface area (Å²) in [7, 11) is 1.79. The van der Waals surface area contributed by atoms with E-state index in [0.29, 0.717) is 13.2 Å². The van der Waals surface area contributed by atoms with Gasteiger partial charge in [0.15, 0.2) is 5.96 Å². The van der Waals surface area contributed by atoms with Crippen molar-refractivity contribution in [1.29, 1.82) is 0 Å². The molecule has 0 spiro atoms. The molecule has 1 aromatic heterocycles. The summed E-state index contributed by atoms with van der Waals surface area (Å²) in [6.07, 6.45) is 3.56. The first-order valence-electron chi connectivity index (χ1n) is 8.38. The molecule has 0 atom stereocenters. The largest absolute Gasteiger partial charge is 0.467 e. The summed E-state index contributed by atoms with van der Waals surface area (Å²) in [5.41, 5.74) is 2.63. The normalized spacial score (nSPS) is 11.5. The molecule has 0 saturated heterocycles. The van der Waals surface area contributed by atoms with Gasteiger partial charge < -0.3 is 19.8 Å². The zero-order valence-electron chi connectivity index (χ0n) is 14.5. The van der Waals surface area contributed by atoms with Gasteiger partial charge in [-0.25, -0.2) is 0 Å². The topological polar surface area (TPSA) is 58.8 Å². The van der Waals surface area contributed by atoms with Crippen LogP contribution in [0, 0.1) is 6.92 Å². The van der Waals surface area contributed by atoms with Gasteiger partial charge in [-0.05, 0) is 37.5 Å². The molecule has 0 aliphatic carbocycles. The number of ether oxygens (including phenoxy) is 1. The smallest absolute Gasteiger partial charge is 0.190 e. The molecule has 2 N–H and O–H groups in total. The van der Waals surface area contributed by atoms with Crippen molar-refractivity contribution in [3.05, 3.63) is 59.5 Å². The standard InChI is InChI=1S/C19H27N3O2/c1-16-6-3-7-17(14-16)9-11-22-19(20-2)21-10-5-12-23-15-18-8-4-13-24-18/h3-4,6-8,13-14H,5,9-12,15H2,1-2H3,(H2,20,21,22). The van der Waals surface area contributed by atoms with E-state index in [2.05, 4.69) is 46.8 Å². The molecule has 5 nitrogen and oxygen atoms in total. The summed E-state index contributed by atoms with van der Waals surface area (Å²) in [5.74, 6) is 1.69. The molecule has 0 saturated carbocycles. The van der Waals surface area contributed by atoms with E-state index in [1.807, 2.05) is 12.1 Å². The van der Waals surface area contributed by atoms with Crippen molar-refractivity contribution in [2.45, 2.75) is 26.4 Å². The van der Waals surface area contributed by atoms with Gasteiger partial charge in [-0.3, -0.25) is 4.99 Å². The van der Waals surface area contributed by atoms with E-state index in [1.54, 1.807) is 13.3 Å². The van der Waals surface area contributed by atoms with E-state index in [1.165, 1.54) is 11.1 Å². The van der Waals surface area contributed by atoms with Crippen LogP contribution in [0.4, 0.5) is 0 Å². The number of furan rings is 1. The zero-order valence-corrected chi connectivity index (χ0v) is 14.5. The number of hydrogen-bond donors (Lipinski definition) is 2. The second-order valence-electron chi connectivity index (χ2n) is 5.65. The fraction of sp³-hybridized carbons (Fsp3) is 0.421. The van der Waals surface area contributed by atoms with Gasteiger partial charge in [0.2, 0.25) is 0 Å². The van der Waals surface area contributed by atoms with Gasteiger partial charge in [0.25, 0.3) is 0 Å². The minimum atomic E-state index is 0.524. The number of benzene rings is 1. The monoisotopic (exact) mass is 329 g/mol. The van der Waals surface area contributed by atoms with E-state index in [0.717, 1.165) is 37.7 Å². The average Bonchev–Trinajstić information content (AvgIpc) is 3.09. The molecule has 0 amide bonds. The van der Waals surface area contributed by atoms with Gasteiger partial charge >= 0.3 is 0 Å². The van der Waals surface area contributed by atoms with Gasteiger partial charge in [0, 0.05) is 26.7 Å². The summed E-state index contributed by atoms with van der Waals surface area (Å²) < 4.78 is 10.8. The summed E-state index contributed by atoms with van der Waals surface area (Å²) in [5, 5.41) is 6.63. The number of rotatable bonds is 9. The van der Waals surface area contributed by atoms with Crippen LogP contribution < -0.4 is 10.6 Å². The van der Waals surface area contributed by atoms with Crippen LogP contribution in [0.5, 0.6) is 0 Å². The molecule has 0 radical (unpaired) electrons. The maximum absolute atomic E-state index is 5.55. The van der Waals surface area contributed by atoms with Crippen LogP contribution in [0.25, 0.3) is 0 Å². The van der Waals surface area contributed by atoms with Gasteiger partial charge in [-0.15, -0.1) is 0 Å². The molecule has 5 heteroatoms. The Kier molecular flexibility index (Phi) is 7.90. The van der Waals surface area contributed by atoms with Crippen molar-refractivity contribution in [3.8, 4) is 0 Å². The third-order valence-electron chi connectivity index (χ3n) is 3.59. The number of nitrogens with zero attached hydrogens (tertiary/aromatic N) is 1. The molecule has 130 valence electrons. The molecular formula is C19H27N3O2. The average molecular weight is 329 g/mol. The molecule has 1 aromatic carbocycles. The van der Waals surface area contributed by atoms with E-state index in [4.69, 9.17) is 9.15 Å². The van der Waals surface area contributed by atoms with Gasteiger partial charge in [0.1, 0.15) is 12.4 Å². The third-order valence-corrected chi connectivity index (χ3v) is 3.59. The minimum Gasteiger partial charge on any atom is -0.467 e. The Balaban J connectivity index is 1.54. The van der Waals surface area contributed by atoms with Crippen molar-refractivity contribution in [2.24, 2.45) is 4.99 Å². The maximum atomic E-state index is 5.55. The van der Waals surface area contributed by atoms with Crippen LogP contribution >= 0.6 is 0 Å². The first kappa shape index (κ1) is 18.1. The Morgan fingerprint density at radius 1 is 1.17 bits per heavy atom. The molecule has 1 heterocycles. The van der Waals surface area contributed by atoms with Crippen LogP contribution in [0.15, 0.2) is 52.1 Å². The van der Waals surface area contributed by atoms with Gasteiger partial charge in [-0.2, -0.15) is 0 Å². The molecule has 0 unspecified atom stereocenters. The second-order valence-corrected chi connectivity index (χ2v) is 5.65. The Morgan fingerprint density at radius 3 is 2.79 bits per heavy atom. The molecule has 24 heavy (non-hydrogen) atoms. The number of guanidine groups is 1. The van der Waals surface area contributed by atoms with Crippen LogP contribution in [0.2, 0.25) is 0 Å². The first-order chi connectivity index (χ1) is 11.8. The lowest BCUT2D eigenvalue weighted by Crippen LogP contribution is -2.39. The summed E-state index contributed by atoms with van der Waals surface area (Å²) in [6.45, 7) is 5.01. The summed E-state index contributed by atoms with van der Waals surface area (Å²) in [4.78, 5) is 4.23. The van der Waals surface area contributed by atoms with E-state index in [9.17, 15) is 0 Å². The van der Waals surface area contributed by atoms with Crippen molar-refractivity contribution < 1.29 is 9.15 Å². The SMILES string of the molecule is CN=C(NCCCOCc1ccco1)NCCc1cccc(C)c1. The lowest BCUT2D eigenvalue weighted by molar-refractivity contribution is 0.105. The van der Waals surface area contributed by atoms with Gasteiger partial charge in [0.05, 0.1) is 6.26 Å². The Labute approximate surface area is 144 Å². The number of nitrogens with one attached hydrogen (secondary N) is 2. The number of aryl methyl sites for hydroxylation is 1. The Bertz CT molecular complexity index is 609. The highest BCUT2D eigenvalue weighted by atomic mass is 16.5. The second kappa shape index (κ2) is 10.5. The predicted molar refractivity (Wildman–Crippen MR) is 97.2 cm³/mol. The molecule has 0 aliphatic rings. The number of aliphatic imine (C=N–C) groups is 1. The quantitative estimate of drug-likeness (QED) is 0.422. The van der Waals surface area contributed by atoms with E-state index in [-0.39, 0.29) is 0 Å². The molecular weight excluding hydrogens is 302 g/mol. The molecule has 0 bridgehead atoms. The van der Waals surface area contributed by atoms with Crippen LogP contribution in [0.1, 0.15) is 23.3 Å². The first-order valence-corrected chi connectivity index (χ1v) is 8.38. The fourth-order valence-corrected chi connectivity index (χ4v) is 2.36. The van der Waals surface area contributed by atoms with Crippen molar-refractivity contribution in [1.82, 2.24) is 10.6 Å². The lowest BCUT2D eigenvalue weighted by Gasteiger charge is -2.12. The van der Waals surface area contributed by atoms with Crippen LogP contribution in [-0.2, 0) is 17.8 Å². The van der Waals surface area contributed by atoms with Crippen molar-refractivity contribution in [3.63, 3.8) is 0 Å². The Morgan fingerprint density at radius 2 is 2.04 bits per heavy atom. The van der Waals surface area contributed by atoms with Crippen LogP contribution in [-0.4, -0.2) is 32.7 Å². The summed E-state index contributed by atoms with van der Waals surface area (Å²) in [6, 6.07) is 12.4. The molecule has 0 aliphatic heterocycles. The zero-order chi connectivity index (χ0) is 17.0. The Hall–Kier alpha value is -2.27.